The van der Waals surface area contributed by atoms with Crippen LogP contribution in [0.5, 0.6) is 11.5 Å². The summed E-state index contributed by atoms with van der Waals surface area (Å²) in [6, 6.07) is 7.42. The molecule has 24 heavy (non-hydrogen) atoms. The zero-order valence-electron chi connectivity index (χ0n) is 13.2. The van der Waals surface area contributed by atoms with Gasteiger partial charge in [0.2, 0.25) is 6.10 Å². The highest BCUT2D eigenvalue weighted by molar-refractivity contribution is 5.82. The zero-order chi connectivity index (χ0) is 16.4. The molecular weight excluding hydrogens is 308 g/mol. The largest absolute Gasteiger partial charge is 0.485 e. The van der Waals surface area contributed by atoms with Crippen molar-refractivity contribution in [1.82, 2.24) is 14.9 Å². The number of piperazine rings is 1. The van der Waals surface area contributed by atoms with E-state index in [0.29, 0.717) is 24.6 Å². The van der Waals surface area contributed by atoms with E-state index in [0.717, 1.165) is 18.9 Å². The number of ether oxygens (including phenoxy) is 2. The molecule has 2 aliphatic rings. The number of para-hydroxylation sites is 2. The van der Waals surface area contributed by atoms with E-state index in [2.05, 4.69) is 14.9 Å². The number of hydrogen-bond donors (Lipinski definition) is 0. The van der Waals surface area contributed by atoms with E-state index in [-0.39, 0.29) is 12.5 Å². The lowest BCUT2D eigenvalue weighted by Crippen LogP contribution is -2.54. The van der Waals surface area contributed by atoms with Gasteiger partial charge in [-0.3, -0.25) is 9.78 Å². The maximum atomic E-state index is 12.7. The minimum absolute atomic E-state index is 0.0247. The van der Waals surface area contributed by atoms with Crippen LogP contribution in [0.25, 0.3) is 0 Å². The number of carbonyl (C=O) groups excluding carboxylic acids is 1. The van der Waals surface area contributed by atoms with Crippen molar-refractivity contribution in [1.29, 1.82) is 0 Å². The molecule has 2 aliphatic heterocycles. The third-order valence-corrected chi connectivity index (χ3v) is 4.25. The Balaban J connectivity index is 1.37. The highest BCUT2D eigenvalue weighted by Crippen LogP contribution is 2.31. The molecule has 2 aromatic rings. The third kappa shape index (κ3) is 2.84. The van der Waals surface area contributed by atoms with Crippen LogP contribution in [0.1, 0.15) is 0 Å². The number of nitrogens with zero attached hydrogens (tertiary/aromatic N) is 4. The van der Waals surface area contributed by atoms with Crippen molar-refractivity contribution >= 4 is 11.7 Å². The molecule has 124 valence electrons. The van der Waals surface area contributed by atoms with Crippen LogP contribution in [0.2, 0.25) is 0 Å². The molecule has 1 aromatic carbocycles. The van der Waals surface area contributed by atoms with E-state index >= 15 is 0 Å². The van der Waals surface area contributed by atoms with Gasteiger partial charge in [-0.2, -0.15) is 0 Å². The number of benzene rings is 1. The number of anilines is 1. The molecule has 1 saturated heterocycles. The Morgan fingerprint density at radius 3 is 2.62 bits per heavy atom. The van der Waals surface area contributed by atoms with Crippen LogP contribution in [0.3, 0.4) is 0 Å². The Bertz CT molecular complexity index is 717. The molecule has 0 bridgehead atoms. The molecule has 1 aromatic heterocycles. The summed E-state index contributed by atoms with van der Waals surface area (Å²) >= 11 is 0. The van der Waals surface area contributed by atoms with Gasteiger partial charge in [-0.05, 0) is 12.1 Å². The fourth-order valence-electron chi connectivity index (χ4n) is 2.96. The second kappa shape index (κ2) is 6.35. The number of fused-ring (bicyclic) bond motifs is 1. The Morgan fingerprint density at radius 2 is 1.88 bits per heavy atom. The van der Waals surface area contributed by atoms with Crippen LogP contribution < -0.4 is 14.4 Å². The van der Waals surface area contributed by atoms with Gasteiger partial charge in [-0.1, -0.05) is 12.1 Å². The Kier molecular flexibility index (Phi) is 3.90. The second-order valence-electron chi connectivity index (χ2n) is 5.74. The Labute approximate surface area is 139 Å². The van der Waals surface area contributed by atoms with Gasteiger partial charge in [-0.25, -0.2) is 4.98 Å². The van der Waals surface area contributed by atoms with Crippen molar-refractivity contribution in [3.63, 3.8) is 0 Å². The molecule has 3 heterocycles. The summed E-state index contributed by atoms with van der Waals surface area (Å²) in [7, 11) is 0. The number of aromatic nitrogens is 2. The number of amides is 1. The number of hydrogen-bond acceptors (Lipinski definition) is 6. The van der Waals surface area contributed by atoms with Crippen molar-refractivity contribution in [2.75, 3.05) is 37.7 Å². The average molecular weight is 326 g/mol. The molecule has 4 rings (SSSR count). The van der Waals surface area contributed by atoms with Gasteiger partial charge >= 0.3 is 0 Å². The van der Waals surface area contributed by atoms with Crippen molar-refractivity contribution in [3.05, 3.63) is 42.9 Å². The summed E-state index contributed by atoms with van der Waals surface area (Å²) in [5, 5.41) is 0. The van der Waals surface area contributed by atoms with Gasteiger partial charge in [0.25, 0.3) is 5.91 Å². The van der Waals surface area contributed by atoms with Crippen molar-refractivity contribution in [2.24, 2.45) is 0 Å². The Hall–Kier alpha value is -2.83. The van der Waals surface area contributed by atoms with Crippen LogP contribution in [0.4, 0.5) is 5.82 Å². The first-order valence-electron chi connectivity index (χ1n) is 7.99. The van der Waals surface area contributed by atoms with Gasteiger partial charge in [0.1, 0.15) is 12.4 Å². The minimum atomic E-state index is -0.581. The van der Waals surface area contributed by atoms with Crippen molar-refractivity contribution in [3.8, 4) is 11.5 Å². The predicted octanol–water partition coefficient (Wildman–Crippen LogP) is 0.965. The van der Waals surface area contributed by atoms with E-state index in [1.807, 2.05) is 29.2 Å². The Morgan fingerprint density at radius 1 is 1.08 bits per heavy atom. The topological polar surface area (TPSA) is 67.8 Å². The average Bonchev–Trinajstić information content (AvgIpc) is 2.68. The fourth-order valence-corrected chi connectivity index (χ4v) is 2.96. The predicted molar refractivity (Wildman–Crippen MR) is 87.2 cm³/mol. The first kappa shape index (κ1) is 14.7. The standard InChI is InChI=1S/C17H18N4O3/c22-17(15-12-23-13-3-1-2-4-14(13)24-15)21-9-7-20(8-10-21)16-11-18-5-6-19-16/h1-6,11,15H,7-10,12H2. The fraction of sp³-hybridized carbons (Fsp3) is 0.353. The van der Waals surface area contributed by atoms with E-state index in [4.69, 9.17) is 9.47 Å². The summed E-state index contributed by atoms with van der Waals surface area (Å²) in [6.07, 6.45) is 4.49. The summed E-state index contributed by atoms with van der Waals surface area (Å²) in [4.78, 5) is 25.0. The SMILES string of the molecule is O=C(C1COc2ccccc2O1)N1CCN(c2cnccn2)CC1. The lowest BCUT2D eigenvalue weighted by molar-refractivity contribution is -0.141. The maximum Gasteiger partial charge on any atom is 0.267 e. The highest BCUT2D eigenvalue weighted by Gasteiger charge is 2.32. The monoisotopic (exact) mass is 326 g/mol. The minimum Gasteiger partial charge on any atom is -0.485 e. The molecule has 0 radical (unpaired) electrons. The van der Waals surface area contributed by atoms with Crippen molar-refractivity contribution < 1.29 is 14.3 Å². The smallest absolute Gasteiger partial charge is 0.267 e. The molecular formula is C17H18N4O3. The summed E-state index contributed by atoms with van der Waals surface area (Å²) in [6.45, 7) is 2.98. The molecule has 0 spiro atoms. The molecule has 7 heteroatoms. The van der Waals surface area contributed by atoms with Gasteiger partial charge in [0, 0.05) is 38.6 Å². The normalized spacial score (nSPS) is 19.9. The first-order chi connectivity index (χ1) is 11.8. The second-order valence-corrected chi connectivity index (χ2v) is 5.74. The molecule has 1 fully saturated rings. The molecule has 1 amide bonds. The van der Waals surface area contributed by atoms with E-state index < -0.39 is 6.10 Å². The summed E-state index contributed by atoms with van der Waals surface area (Å²) in [5.41, 5.74) is 0. The van der Waals surface area contributed by atoms with Gasteiger partial charge in [0.15, 0.2) is 11.5 Å². The van der Waals surface area contributed by atoms with Crippen LogP contribution >= 0.6 is 0 Å². The molecule has 1 atom stereocenters. The molecule has 0 aliphatic carbocycles. The lowest BCUT2D eigenvalue weighted by atomic mass is 10.2. The summed E-state index contributed by atoms with van der Waals surface area (Å²) < 4.78 is 11.4. The zero-order valence-corrected chi connectivity index (χ0v) is 13.2. The van der Waals surface area contributed by atoms with E-state index in [1.165, 1.54) is 0 Å². The molecule has 1 unspecified atom stereocenters. The van der Waals surface area contributed by atoms with Gasteiger partial charge < -0.3 is 19.3 Å². The van der Waals surface area contributed by atoms with E-state index in [1.54, 1.807) is 18.6 Å². The molecule has 7 nitrogen and oxygen atoms in total. The highest BCUT2D eigenvalue weighted by atomic mass is 16.6. The quantitative estimate of drug-likeness (QED) is 0.819. The number of carbonyl (C=O) groups is 1. The van der Waals surface area contributed by atoms with Crippen LogP contribution in [-0.2, 0) is 4.79 Å². The van der Waals surface area contributed by atoms with Crippen molar-refractivity contribution in [2.45, 2.75) is 6.10 Å². The summed E-state index contributed by atoms with van der Waals surface area (Å²) in [5.74, 6) is 2.13. The molecule has 0 N–H and O–H groups in total. The first-order valence-corrected chi connectivity index (χ1v) is 7.99. The molecule has 0 saturated carbocycles. The lowest BCUT2D eigenvalue weighted by Gasteiger charge is -2.37. The number of rotatable bonds is 2. The van der Waals surface area contributed by atoms with Crippen LogP contribution in [-0.4, -0.2) is 59.7 Å². The van der Waals surface area contributed by atoms with Gasteiger partial charge in [-0.15, -0.1) is 0 Å². The van der Waals surface area contributed by atoms with E-state index in [9.17, 15) is 4.79 Å². The van der Waals surface area contributed by atoms with Crippen LogP contribution in [0, 0.1) is 0 Å². The van der Waals surface area contributed by atoms with Crippen LogP contribution in [0.15, 0.2) is 42.9 Å². The third-order valence-electron chi connectivity index (χ3n) is 4.25. The maximum absolute atomic E-state index is 12.7. The van der Waals surface area contributed by atoms with Gasteiger partial charge in [0.05, 0.1) is 6.20 Å².